The summed E-state index contributed by atoms with van der Waals surface area (Å²) in [6.45, 7) is 6.09. The number of ether oxygens (including phenoxy) is 2. The van der Waals surface area contributed by atoms with Crippen molar-refractivity contribution in [2.24, 2.45) is 23.7 Å². The molecule has 5 heterocycles. The average Bonchev–Trinajstić information content (AvgIpc) is 3.69. The minimum atomic E-state index is 0.180. The van der Waals surface area contributed by atoms with Gasteiger partial charge in [0, 0.05) is 60.4 Å². The van der Waals surface area contributed by atoms with E-state index >= 15 is 0 Å². The Balaban J connectivity index is 1.11. The monoisotopic (exact) mass is 596 g/mol. The number of likely N-dealkylation sites (tertiary alicyclic amines) is 1. The molecule has 3 saturated carbocycles. The third kappa shape index (κ3) is 4.01. The molecule has 4 atom stereocenters. The van der Waals surface area contributed by atoms with Gasteiger partial charge in [-0.05, 0) is 105 Å². The second-order valence-electron chi connectivity index (χ2n) is 13.8. The Bertz CT molecular complexity index is 1760. The van der Waals surface area contributed by atoms with E-state index < -0.39 is 0 Å². The molecule has 1 aromatic carbocycles. The summed E-state index contributed by atoms with van der Waals surface area (Å²) in [6, 6.07) is 11.3. The molecule has 1 amide bonds. The number of benzene rings is 1. The smallest absolute Gasteiger partial charge is 0.254 e. The Kier molecular flexibility index (Phi) is 5.94. The molecular formula is C35H40N4O3S. The molecule has 3 aromatic heterocycles. The van der Waals surface area contributed by atoms with Crippen LogP contribution in [-0.4, -0.2) is 66.4 Å². The minimum Gasteiger partial charge on any atom is -0.496 e. The number of hydrogen-bond acceptors (Lipinski definition) is 6. The van der Waals surface area contributed by atoms with Crippen LogP contribution in [0.4, 0.5) is 5.82 Å². The normalized spacial score (nSPS) is 26.6. The van der Waals surface area contributed by atoms with E-state index in [0.717, 1.165) is 89.6 Å². The van der Waals surface area contributed by atoms with E-state index in [0.29, 0.717) is 18.1 Å². The Hall–Kier alpha value is -3.10. The maximum atomic E-state index is 13.8. The van der Waals surface area contributed by atoms with Gasteiger partial charge in [-0.3, -0.25) is 4.79 Å². The Morgan fingerprint density at radius 2 is 1.88 bits per heavy atom. The number of fused-ring (bicyclic) bond motifs is 2. The Morgan fingerprint density at radius 3 is 2.60 bits per heavy atom. The number of aryl methyl sites for hydroxylation is 1. The van der Waals surface area contributed by atoms with Gasteiger partial charge >= 0.3 is 0 Å². The van der Waals surface area contributed by atoms with E-state index in [1.165, 1.54) is 47.2 Å². The molecule has 8 heteroatoms. The van der Waals surface area contributed by atoms with E-state index in [1.807, 2.05) is 13.2 Å². The molecule has 0 spiro atoms. The van der Waals surface area contributed by atoms with E-state index in [-0.39, 0.29) is 5.91 Å². The quantitative estimate of drug-likeness (QED) is 0.237. The predicted molar refractivity (Wildman–Crippen MR) is 171 cm³/mol. The summed E-state index contributed by atoms with van der Waals surface area (Å²) in [6.07, 6.45) is 7.52. The van der Waals surface area contributed by atoms with Gasteiger partial charge in [0.1, 0.15) is 17.2 Å². The molecular weight excluding hydrogens is 556 g/mol. The number of nitrogens with zero attached hydrogens (tertiary/aromatic N) is 4. The van der Waals surface area contributed by atoms with E-state index in [1.54, 1.807) is 18.4 Å². The number of thiophene rings is 1. The van der Waals surface area contributed by atoms with Crippen LogP contribution in [0.15, 0.2) is 30.3 Å². The summed E-state index contributed by atoms with van der Waals surface area (Å²) in [7, 11) is 3.55. The first kappa shape index (κ1) is 26.3. The number of carbonyl (C=O) groups excluding carboxylic acids is 1. The first-order valence-corrected chi connectivity index (χ1v) is 17.0. The fourth-order valence-electron chi connectivity index (χ4n) is 8.78. The van der Waals surface area contributed by atoms with Crippen LogP contribution >= 0.6 is 11.3 Å². The molecule has 0 N–H and O–H groups in total. The summed E-state index contributed by atoms with van der Waals surface area (Å²) < 4.78 is 15.2. The number of methoxy groups -OCH3 is 2. The Labute approximate surface area is 256 Å². The van der Waals surface area contributed by atoms with Gasteiger partial charge in [0.05, 0.1) is 23.8 Å². The fraction of sp³-hybridized carbons (Fsp3) is 0.543. The zero-order valence-corrected chi connectivity index (χ0v) is 26.2. The van der Waals surface area contributed by atoms with Crippen LogP contribution in [0.25, 0.3) is 31.7 Å². The summed E-state index contributed by atoms with van der Waals surface area (Å²) in [5, 5.41) is 2.32. The van der Waals surface area contributed by atoms with Crippen LogP contribution < -0.4 is 9.64 Å². The first-order chi connectivity index (χ1) is 21.0. The SMILES string of the molecule is COc1cc(C(=O)N2CC3CC4CC2[C@H]43)cc2sc(-c3cc4ccc(N5CCC(OC)CC5)nc4n3CC3CC3)c(C)c12. The van der Waals surface area contributed by atoms with Crippen molar-refractivity contribution in [2.75, 3.05) is 38.8 Å². The lowest BCUT2D eigenvalue weighted by molar-refractivity contribution is -0.0204. The summed E-state index contributed by atoms with van der Waals surface area (Å²) >= 11 is 1.79. The van der Waals surface area contributed by atoms with Crippen molar-refractivity contribution in [1.29, 1.82) is 0 Å². The molecule has 9 rings (SSSR count). The Morgan fingerprint density at radius 1 is 1.05 bits per heavy atom. The lowest BCUT2D eigenvalue weighted by Crippen LogP contribution is -2.53. The van der Waals surface area contributed by atoms with Gasteiger partial charge < -0.3 is 23.8 Å². The number of pyridine rings is 1. The third-order valence-corrected chi connectivity index (χ3v) is 12.7. The summed E-state index contributed by atoms with van der Waals surface area (Å²) in [5.41, 5.74) is 4.30. The van der Waals surface area contributed by atoms with Crippen LogP contribution in [0.1, 0.15) is 54.4 Å². The van der Waals surface area contributed by atoms with Gasteiger partial charge in [-0.25, -0.2) is 4.98 Å². The maximum Gasteiger partial charge on any atom is 0.254 e. The van der Waals surface area contributed by atoms with Crippen molar-refractivity contribution in [3.8, 4) is 16.3 Å². The van der Waals surface area contributed by atoms with Crippen molar-refractivity contribution in [3.05, 3.63) is 41.5 Å². The van der Waals surface area contributed by atoms with Crippen LogP contribution in [-0.2, 0) is 11.3 Å². The van der Waals surface area contributed by atoms with Crippen LogP contribution in [0.2, 0.25) is 0 Å². The number of amides is 1. The number of anilines is 1. The van der Waals surface area contributed by atoms with Gasteiger partial charge in [-0.15, -0.1) is 11.3 Å². The van der Waals surface area contributed by atoms with Crippen molar-refractivity contribution in [3.63, 3.8) is 0 Å². The number of rotatable bonds is 7. The van der Waals surface area contributed by atoms with E-state index in [4.69, 9.17) is 14.5 Å². The number of aromatic nitrogens is 2. The molecule has 224 valence electrons. The largest absolute Gasteiger partial charge is 0.496 e. The molecule has 5 fully saturated rings. The summed E-state index contributed by atoms with van der Waals surface area (Å²) in [4.78, 5) is 24.9. The lowest BCUT2D eigenvalue weighted by atomic mass is 9.53. The number of hydrogen-bond donors (Lipinski definition) is 0. The highest BCUT2D eigenvalue weighted by atomic mass is 32.1. The molecule has 43 heavy (non-hydrogen) atoms. The van der Waals surface area contributed by atoms with Gasteiger partial charge in [-0.1, -0.05) is 0 Å². The van der Waals surface area contributed by atoms with Gasteiger partial charge in [0.25, 0.3) is 5.91 Å². The molecule has 5 aliphatic rings. The van der Waals surface area contributed by atoms with Gasteiger partial charge in [0.15, 0.2) is 0 Å². The average molecular weight is 597 g/mol. The number of carbonyl (C=O) groups is 1. The van der Waals surface area contributed by atoms with Crippen molar-refractivity contribution < 1.29 is 14.3 Å². The standard InChI is InChI=1S/C35H40N4O3S/c1-19-31-28(42-3)15-23(35(40)39-18-24-12-22-14-26(39)32(22)24)16-29(31)43-33(19)27-13-21-6-7-30(37-10-8-25(41-2)9-11-37)36-34(21)38(27)17-20-4-5-20/h6-7,13,15-16,20,22,24-26,32H,4-5,8-12,14,17-18H2,1-3H3/t22?,24?,26?,32-/m1/s1. The molecule has 0 bridgehead atoms. The molecule has 4 aromatic rings. The molecule has 0 radical (unpaired) electrons. The summed E-state index contributed by atoms with van der Waals surface area (Å²) in [5.74, 6) is 5.14. The lowest BCUT2D eigenvalue weighted by Gasteiger charge is -2.52. The highest BCUT2D eigenvalue weighted by Gasteiger charge is 2.61. The van der Waals surface area contributed by atoms with E-state index in [9.17, 15) is 4.79 Å². The molecule has 3 unspecified atom stereocenters. The third-order valence-electron chi connectivity index (χ3n) is 11.4. The van der Waals surface area contributed by atoms with Crippen LogP contribution in [0.5, 0.6) is 5.75 Å². The van der Waals surface area contributed by atoms with Crippen LogP contribution in [0, 0.1) is 30.6 Å². The highest BCUT2D eigenvalue weighted by Crippen LogP contribution is 2.61. The van der Waals surface area contributed by atoms with Crippen LogP contribution in [0.3, 0.4) is 0 Å². The second-order valence-corrected chi connectivity index (χ2v) is 14.8. The zero-order valence-electron chi connectivity index (χ0n) is 25.3. The highest BCUT2D eigenvalue weighted by molar-refractivity contribution is 7.22. The molecule has 7 nitrogen and oxygen atoms in total. The topological polar surface area (TPSA) is 59.8 Å². The maximum absolute atomic E-state index is 13.8. The fourth-order valence-corrected chi connectivity index (χ4v) is 10.1. The molecule has 3 aliphatic carbocycles. The molecule has 2 aliphatic heterocycles. The molecule has 2 saturated heterocycles. The van der Waals surface area contributed by atoms with Gasteiger partial charge in [0.2, 0.25) is 0 Å². The predicted octanol–water partition coefficient (Wildman–Crippen LogP) is 6.74. The van der Waals surface area contributed by atoms with Crippen molar-refractivity contribution in [1.82, 2.24) is 14.5 Å². The second kappa shape index (κ2) is 9.70. The zero-order chi connectivity index (χ0) is 29.0. The number of piperidine rings is 1. The minimum absolute atomic E-state index is 0.180. The van der Waals surface area contributed by atoms with E-state index in [2.05, 4.69) is 45.6 Å². The first-order valence-electron chi connectivity index (χ1n) is 16.2. The van der Waals surface area contributed by atoms with Crippen molar-refractivity contribution in [2.45, 2.75) is 64.1 Å². The van der Waals surface area contributed by atoms with Crippen molar-refractivity contribution >= 4 is 44.2 Å². The van der Waals surface area contributed by atoms with Gasteiger partial charge in [-0.2, -0.15) is 0 Å².